The Morgan fingerprint density at radius 2 is 1.55 bits per heavy atom. The molecule has 0 bridgehead atoms. The zero-order valence-electron chi connectivity index (χ0n) is 12.2. The monoisotopic (exact) mass is 366 g/mol. The molecule has 2 fully saturated rings. The Balaban J connectivity index is 1.87. The maximum Gasteiger partial charge on any atom is 0.279 e. The average molecular weight is 367 g/mol. The topological polar surface area (TPSA) is 49.4 Å². The molecule has 2 unspecified atom stereocenters. The Kier molecular flexibility index (Phi) is 6.78. The van der Waals surface area contributed by atoms with Crippen LogP contribution in [0.25, 0.3) is 0 Å². The number of hydrogen-bond donors (Lipinski definition) is 1. The highest BCUT2D eigenvalue weighted by atomic mass is 79.9. The summed E-state index contributed by atoms with van der Waals surface area (Å²) in [5.41, 5.74) is 0. The van der Waals surface area contributed by atoms with Crippen molar-refractivity contribution in [2.75, 3.05) is 25.0 Å². The molecule has 6 heteroatoms. The van der Waals surface area contributed by atoms with Crippen molar-refractivity contribution in [3.8, 4) is 0 Å². The van der Waals surface area contributed by atoms with Crippen LogP contribution in [0.15, 0.2) is 0 Å². The van der Waals surface area contributed by atoms with E-state index in [4.69, 9.17) is 0 Å². The first-order valence-corrected chi connectivity index (χ1v) is 10.5. The lowest BCUT2D eigenvalue weighted by Gasteiger charge is -2.31. The standard InChI is InChI=1S/C14H27BrN2O2S/c15-11-13-7-3-4-8-14(13)12-16-20(18,19)17-9-5-1-2-6-10-17/h13-14,16H,1-12H2. The number of halogens is 1. The molecule has 0 aromatic heterocycles. The van der Waals surface area contributed by atoms with E-state index in [0.29, 0.717) is 31.5 Å². The Bertz CT molecular complexity index is 381. The highest BCUT2D eigenvalue weighted by Gasteiger charge is 2.28. The Morgan fingerprint density at radius 3 is 2.15 bits per heavy atom. The molecule has 118 valence electrons. The van der Waals surface area contributed by atoms with E-state index in [9.17, 15) is 8.42 Å². The fraction of sp³-hybridized carbons (Fsp3) is 1.00. The molecule has 20 heavy (non-hydrogen) atoms. The van der Waals surface area contributed by atoms with Crippen molar-refractivity contribution >= 4 is 26.1 Å². The van der Waals surface area contributed by atoms with E-state index in [0.717, 1.165) is 37.4 Å². The van der Waals surface area contributed by atoms with Crippen LogP contribution in [0.4, 0.5) is 0 Å². The Labute approximate surface area is 132 Å². The first-order valence-electron chi connectivity index (χ1n) is 7.94. The number of rotatable bonds is 5. The lowest BCUT2D eigenvalue weighted by atomic mass is 9.80. The van der Waals surface area contributed by atoms with Crippen LogP contribution in [0.1, 0.15) is 51.4 Å². The summed E-state index contributed by atoms with van der Waals surface area (Å²) in [6, 6.07) is 0. The summed E-state index contributed by atoms with van der Waals surface area (Å²) in [4.78, 5) is 0. The lowest BCUT2D eigenvalue weighted by Crippen LogP contribution is -2.44. The van der Waals surface area contributed by atoms with Crippen molar-refractivity contribution in [2.45, 2.75) is 51.4 Å². The second-order valence-electron chi connectivity index (χ2n) is 6.13. The fourth-order valence-electron chi connectivity index (χ4n) is 3.34. The predicted octanol–water partition coefficient (Wildman–Crippen LogP) is 2.90. The van der Waals surface area contributed by atoms with Crippen molar-refractivity contribution in [1.82, 2.24) is 9.03 Å². The smallest absolute Gasteiger partial charge is 0.202 e. The zero-order chi connectivity index (χ0) is 14.4. The molecule has 1 heterocycles. The van der Waals surface area contributed by atoms with Gasteiger partial charge in [-0.3, -0.25) is 0 Å². The van der Waals surface area contributed by atoms with Crippen LogP contribution in [0.3, 0.4) is 0 Å². The van der Waals surface area contributed by atoms with Gasteiger partial charge < -0.3 is 0 Å². The van der Waals surface area contributed by atoms with Crippen LogP contribution in [0, 0.1) is 11.8 Å². The van der Waals surface area contributed by atoms with Crippen molar-refractivity contribution < 1.29 is 8.42 Å². The van der Waals surface area contributed by atoms with Crippen molar-refractivity contribution in [3.05, 3.63) is 0 Å². The first kappa shape index (κ1) is 16.7. The van der Waals surface area contributed by atoms with E-state index in [-0.39, 0.29) is 0 Å². The zero-order valence-corrected chi connectivity index (χ0v) is 14.6. The van der Waals surface area contributed by atoms with E-state index in [1.54, 1.807) is 4.31 Å². The van der Waals surface area contributed by atoms with Crippen molar-refractivity contribution in [3.63, 3.8) is 0 Å². The molecule has 2 aliphatic rings. The SMILES string of the molecule is O=S(=O)(NCC1CCCCC1CBr)N1CCCCCC1. The summed E-state index contributed by atoms with van der Waals surface area (Å²) < 4.78 is 29.3. The number of hydrogen-bond acceptors (Lipinski definition) is 2. The Morgan fingerprint density at radius 1 is 0.950 bits per heavy atom. The van der Waals surface area contributed by atoms with Crippen LogP contribution in [0.5, 0.6) is 0 Å². The van der Waals surface area contributed by atoms with Gasteiger partial charge in [-0.2, -0.15) is 12.7 Å². The Hall–Kier alpha value is 0.350. The third-order valence-electron chi connectivity index (χ3n) is 4.70. The molecule has 1 N–H and O–H groups in total. The van der Waals surface area contributed by atoms with Gasteiger partial charge in [0.05, 0.1) is 0 Å². The molecule has 0 aromatic carbocycles. The molecular formula is C14H27BrN2O2S. The highest BCUT2D eigenvalue weighted by molar-refractivity contribution is 9.09. The maximum absolute atomic E-state index is 12.4. The molecule has 1 aliphatic carbocycles. The van der Waals surface area contributed by atoms with E-state index in [2.05, 4.69) is 20.7 Å². The summed E-state index contributed by atoms with van der Waals surface area (Å²) in [7, 11) is -3.27. The van der Waals surface area contributed by atoms with Gasteiger partial charge in [-0.1, -0.05) is 41.6 Å². The van der Waals surface area contributed by atoms with Gasteiger partial charge in [0.25, 0.3) is 10.2 Å². The fourth-order valence-corrected chi connectivity index (χ4v) is 5.54. The quantitative estimate of drug-likeness (QED) is 0.760. The minimum atomic E-state index is -3.27. The minimum absolute atomic E-state index is 0.491. The summed E-state index contributed by atoms with van der Waals surface area (Å²) in [5.74, 6) is 1.11. The van der Waals surface area contributed by atoms with Crippen molar-refractivity contribution in [2.24, 2.45) is 11.8 Å². The summed E-state index contributed by atoms with van der Waals surface area (Å²) in [5, 5.41) is 0.989. The van der Waals surface area contributed by atoms with Gasteiger partial charge in [0.1, 0.15) is 0 Å². The summed E-state index contributed by atoms with van der Waals surface area (Å²) >= 11 is 3.57. The van der Waals surface area contributed by atoms with Crippen LogP contribution in [0.2, 0.25) is 0 Å². The summed E-state index contributed by atoms with van der Waals surface area (Å²) in [6.07, 6.45) is 9.19. The molecular weight excluding hydrogens is 340 g/mol. The van der Waals surface area contributed by atoms with Crippen LogP contribution < -0.4 is 4.72 Å². The predicted molar refractivity (Wildman–Crippen MR) is 86.2 cm³/mol. The second-order valence-corrected chi connectivity index (χ2v) is 8.53. The van der Waals surface area contributed by atoms with Gasteiger partial charge in [0.15, 0.2) is 0 Å². The maximum atomic E-state index is 12.4. The molecule has 0 amide bonds. The third-order valence-corrected chi connectivity index (χ3v) is 7.11. The molecule has 1 saturated heterocycles. The van der Waals surface area contributed by atoms with E-state index < -0.39 is 10.2 Å². The molecule has 2 atom stereocenters. The second kappa shape index (κ2) is 8.11. The molecule has 0 radical (unpaired) electrons. The van der Waals surface area contributed by atoms with Crippen LogP contribution in [-0.4, -0.2) is 37.7 Å². The van der Waals surface area contributed by atoms with E-state index in [1.165, 1.54) is 19.3 Å². The molecule has 0 spiro atoms. The van der Waals surface area contributed by atoms with Crippen molar-refractivity contribution in [1.29, 1.82) is 0 Å². The number of nitrogens with one attached hydrogen (secondary N) is 1. The van der Waals surface area contributed by atoms with Gasteiger partial charge in [-0.05, 0) is 37.5 Å². The van der Waals surface area contributed by atoms with Crippen LogP contribution in [-0.2, 0) is 10.2 Å². The summed E-state index contributed by atoms with van der Waals surface area (Å²) in [6.45, 7) is 1.97. The largest absolute Gasteiger partial charge is 0.279 e. The van der Waals surface area contributed by atoms with E-state index >= 15 is 0 Å². The van der Waals surface area contributed by atoms with Crippen LogP contribution >= 0.6 is 15.9 Å². The minimum Gasteiger partial charge on any atom is -0.202 e. The van der Waals surface area contributed by atoms with Gasteiger partial charge >= 0.3 is 0 Å². The number of alkyl halides is 1. The van der Waals surface area contributed by atoms with Gasteiger partial charge in [0, 0.05) is 25.0 Å². The molecule has 1 saturated carbocycles. The van der Waals surface area contributed by atoms with Gasteiger partial charge in [-0.15, -0.1) is 0 Å². The molecule has 4 nitrogen and oxygen atoms in total. The molecule has 1 aliphatic heterocycles. The highest BCUT2D eigenvalue weighted by Crippen LogP contribution is 2.31. The molecule has 2 rings (SSSR count). The average Bonchev–Trinajstić information content (AvgIpc) is 2.75. The number of nitrogens with zero attached hydrogens (tertiary/aromatic N) is 1. The van der Waals surface area contributed by atoms with Gasteiger partial charge in [-0.25, -0.2) is 4.72 Å². The normalized spacial score (nSPS) is 30.1. The lowest BCUT2D eigenvalue weighted by molar-refractivity contribution is 0.261. The molecule has 0 aromatic rings. The van der Waals surface area contributed by atoms with E-state index in [1.807, 2.05) is 0 Å². The van der Waals surface area contributed by atoms with Gasteiger partial charge in [0.2, 0.25) is 0 Å². The third kappa shape index (κ3) is 4.68. The first-order chi connectivity index (χ1) is 9.63.